The molecule has 1 aromatic heterocycles. The Morgan fingerprint density at radius 2 is 2.05 bits per heavy atom. The van der Waals surface area contributed by atoms with E-state index in [1.54, 1.807) is 6.07 Å². The molecule has 0 aliphatic rings. The largest absolute Gasteiger partial charge is 0.334 e. The molecule has 2 aromatic rings. The van der Waals surface area contributed by atoms with E-state index < -0.39 is 11.4 Å². The van der Waals surface area contributed by atoms with E-state index >= 15 is 0 Å². The van der Waals surface area contributed by atoms with Crippen LogP contribution in [-0.2, 0) is 5.54 Å². The third kappa shape index (κ3) is 2.48. The van der Waals surface area contributed by atoms with E-state index in [0.29, 0.717) is 18.7 Å². The topological polar surface area (TPSA) is 64.9 Å². The standard InChI is InChI=1S/C13H15ClFN3O/c1-3-13(16,4-2)12-17-11(19-18-12)10-8(14)6-5-7-9(10)15/h5-7H,3-4,16H2,1-2H3. The highest BCUT2D eigenvalue weighted by molar-refractivity contribution is 6.33. The average Bonchev–Trinajstić information content (AvgIpc) is 2.87. The second kappa shape index (κ2) is 5.27. The van der Waals surface area contributed by atoms with Crippen LogP contribution in [0.15, 0.2) is 22.7 Å². The smallest absolute Gasteiger partial charge is 0.262 e. The van der Waals surface area contributed by atoms with Crippen molar-refractivity contribution >= 4 is 11.6 Å². The van der Waals surface area contributed by atoms with Crippen molar-refractivity contribution in [3.63, 3.8) is 0 Å². The molecular formula is C13H15ClFN3O. The molecule has 0 aliphatic carbocycles. The summed E-state index contributed by atoms with van der Waals surface area (Å²) >= 11 is 5.96. The maximum absolute atomic E-state index is 13.8. The van der Waals surface area contributed by atoms with Crippen LogP contribution in [-0.4, -0.2) is 10.1 Å². The molecule has 0 fully saturated rings. The van der Waals surface area contributed by atoms with Crippen molar-refractivity contribution in [1.82, 2.24) is 10.1 Å². The molecule has 19 heavy (non-hydrogen) atoms. The van der Waals surface area contributed by atoms with E-state index in [1.807, 2.05) is 13.8 Å². The lowest BCUT2D eigenvalue weighted by molar-refractivity contribution is 0.350. The van der Waals surface area contributed by atoms with E-state index in [0.717, 1.165) is 0 Å². The molecule has 0 saturated heterocycles. The molecule has 0 aliphatic heterocycles. The van der Waals surface area contributed by atoms with Gasteiger partial charge in [-0.05, 0) is 25.0 Å². The summed E-state index contributed by atoms with van der Waals surface area (Å²) in [5.74, 6) is -0.0834. The Labute approximate surface area is 115 Å². The van der Waals surface area contributed by atoms with Gasteiger partial charge >= 0.3 is 0 Å². The van der Waals surface area contributed by atoms with Gasteiger partial charge in [-0.15, -0.1) is 0 Å². The Morgan fingerprint density at radius 3 is 2.63 bits per heavy atom. The Hall–Kier alpha value is -1.46. The van der Waals surface area contributed by atoms with Crippen molar-refractivity contribution in [3.8, 4) is 11.5 Å². The fraction of sp³-hybridized carbons (Fsp3) is 0.385. The summed E-state index contributed by atoms with van der Waals surface area (Å²) in [6.45, 7) is 3.88. The monoisotopic (exact) mass is 283 g/mol. The molecule has 0 saturated carbocycles. The van der Waals surface area contributed by atoms with Gasteiger partial charge in [-0.1, -0.05) is 36.7 Å². The zero-order valence-corrected chi connectivity index (χ0v) is 11.5. The summed E-state index contributed by atoms with van der Waals surface area (Å²) in [7, 11) is 0. The molecule has 2 rings (SSSR count). The lowest BCUT2D eigenvalue weighted by Crippen LogP contribution is -2.36. The first-order valence-corrected chi connectivity index (χ1v) is 6.47. The Morgan fingerprint density at radius 1 is 1.37 bits per heavy atom. The van der Waals surface area contributed by atoms with Gasteiger partial charge in [-0.25, -0.2) is 4.39 Å². The molecule has 6 heteroatoms. The van der Waals surface area contributed by atoms with Crippen LogP contribution in [0.5, 0.6) is 0 Å². The van der Waals surface area contributed by atoms with Gasteiger partial charge in [0.25, 0.3) is 5.89 Å². The minimum Gasteiger partial charge on any atom is -0.334 e. The van der Waals surface area contributed by atoms with E-state index in [2.05, 4.69) is 10.1 Å². The third-order valence-corrected chi connectivity index (χ3v) is 3.62. The molecular weight excluding hydrogens is 269 g/mol. The summed E-state index contributed by atoms with van der Waals surface area (Å²) in [6, 6.07) is 4.38. The van der Waals surface area contributed by atoms with Crippen molar-refractivity contribution in [2.45, 2.75) is 32.2 Å². The normalized spacial score (nSPS) is 11.8. The van der Waals surface area contributed by atoms with Crippen molar-refractivity contribution in [2.24, 2.45) is 5.73 Å². The van der Waals surface area contributed by atoms with Crippen LogP contribution >= 0.6 is 11.6 Å². The lowest BCUT2D eigenvalue weighted by atomic mass is 9.93. The molecule has 0 bridgehead atoms. The number of rotatable bonds is 4. The van der Waals surface area contributed by atoms with Crippen molar-refractivity contribution in [2.75, 3.05) is 0 Å². The maximum Gasteiger partial charge on any atom is 0.262 e. The van der Waals surface area contributed by atoms with Crippen molar-refractivity contribution in [3.05, 3.63) is 34.9 Å². The molecule has 0 amide bonds. The second-order valence-corrected chi connectivity index (χ2v) is 4.79. The number of aromatic nitrogens is 2. The zero-order chi connectivity index (χ0) is 14.0. The fourth-order valence-electron chi connectivity index (χ4n) is 1.80. The Bertz CT molecular complexity index is 561. The van der Waals surface area contributed by atoms with Gasteiger partial charge < -0.3 is 10.3 Å². The van der Waals surface area contributed by atoms with Crippen LogP contribution in [0.25, 0.3) is 11.5 Å². The van der Waals surface area contributed by atoms with E-state index in [1.165, 1.54) is 12.1 Å². The van der Waals surface area contributed by atoms with Crippen LogP contribution in [0.4, 0.5) is 4.39 Å². The Kier molecular flexibility index (Phi) is 3.87. The summed E-state index contributed by atoms with van der Waals surface area (Å²) in [6.07, 6.45) is 1.32. The highest BCUT2D eigenvalue weighted by atomic mass is 35.5. The molecule has 1 heterocycles. The molecule has 1 aromatic carbocycles. The highest BCUT2D eigenvalue weighted by Crippen LogP contribution is 2.31. The van der Waals surface area contributed by atoms with Gasteiger partial charge in [0.2, 0.25) is 0 Å². The number of halogens is 2. The molecule has 2 N–H and O–H groups in total. The molecule has 0 unspecified atom stereocenters. The first-order chi connectivity index (χ1) is 9.01. The van der Waals surface area contributed by atoms with Crippen molar-refractivity contribution < 1.29 is 8.91 Å². The molecule has 0 spiro atoms. The van der Waals surface area contributed by atoms with Gasteiger partial charge in [-0.3, -0.25) is 0 Å². The van der Waals surface area contributed by atoms with Crippen LogP contribution in [0.1, 0.15) is 32.5 Å². The van der Waals surface area contributed by atoms with Crippen LogP contribution in [0.3, 0.4) is 0 Å². The quantitative estimate of drug-likeness (QED) is 0.932. The van der Waals surface area contributed by atoms with E-state index in [-0.39, 0.29) is 16.5 Å². The summed E-state index contributed by atoms with van der Waals surface area (Å²) in [5.41, 5.74) is 5.62. The third-order valence-electron chi connectivity index (χ3n) is 3.31. The van der Waals surface area contributed by atoms with Crippen LogP contribution in [0, 0.1) is 5.82 Å². The van der Waals surface area contributed by atoms with Gasteiger partial charge in [-0.2, -0.15) is 4.98 Å². The van der Waals surface area contributed by atoms with Gasteiger partial charge in [0, 0.05) is 0 Å². The molecule has 4 nitrogen and oxygen atoms in total. The summed E-state index contributed by atoms with van der Waals surface area (Å²) in [4.78, 5) is 4.19. The number of hydrogen-bond acceptors (Lipinski definition) is 4. The highest BCUT2D eigenvalue weighted by Gasteiger charge is 2.30. The van der Waals surface area contributed by atoms with Crippen molar-refractivity contribution in [1.29, 1.82) is 0 Å². The number of hydrogen-bond donors (Lipinski definition) is 1. The zero-order valence-electron chi connectivity index (χ0n) is 10.8. The fourth-order valence-corrected chi connectivity index (χ4v) is 2.04. The number of nitrogens with zero attached hydrogens (tertiary/aromatic N) is 2. The first-order valence-electron chi connectivity index (χ1n) is 6.09. The first kappa shape index (κ1) is 14.0. The Balaban J connectivity index is 2.47. The predicted molar refractivity (Wildman–Crippen MR) is 71.1 cm³/mol. The minimum atomic E-state index is -0.667. The minimum absolute atomic E-state index is 0.0508. The van der Waals surface area contributed by atoms with Gasteiger partial charge in [0.05, 0.1) is 16.1 Å². The summed E-state index contributed by atoms with van der Waals surface area (Å²) < 4.78 is 18.9. The van der Waals surface area contributed by atoms with Crippen LogP contribution in [0.2, 0.25) is 5.02 Å². The molecule has 0 atom stereocenters. The van der Waals surface area contributed by atoms with E-state index in [9.17, 15) is 4.39 Å². The number of benzene rings is 1. The molecule has 102 valence electrons. The van der Waals surface area contributed by atoms with Gasteiger partial charge in [0.1, 0.15) is 5.82 Å². The van der Waals surface area contributed by atoms with Gasteiger partial charge in [0.15, 0.2) is 5.82 Å². The second-order valence-electron chi connectivity index (χ2n) is 4.38. The van der Waals surface area contributed by atoms with Crippen LogP contribution < -0.4 is 5.73 Å². The van der Waals surface area contributed by atoms with E-state index in [4.69, 9.17) is 21.9 Å². The summed E-state index contributed by atoms with van der Waals surface area (Å²) in [5, 5.41) is 4.08. The average molecular weight is 284 g/mol. The predicted octanol–water partition coefficient (Wildman–Crippen LogP) is 3.50. The SMILES string of the molecule is CCC(N)(CC)c1noc(-c2c(F)cccc2Cl)n1. The maximum atomic E-state index is 13.8. The molecule has 0 radical (unpaired) electrons. The lowest BCUT2D eigenvalue weighted by Gasteiger charge is -2.21. The number of nitrogens with two attached hydrogens (primary N) is 1.